The third-order valence-electron chi connectivity index (χ3n) is 8.13. The van der Waals surface area contributed by atoms with Gasteiger partial charge in [0.25, 0.3) is 0 Å². The quantitative estimate of drug-likeness (QED) is 0.209. The van der Waals surface area contributed by atoms with E-state index in [1.807, 2.05) is 87.5 Å². The summed E-state index contributed by atoms with van der Waals surface area (Å²) in [5.74, 6) is -0.367. The Hall–Kier alpha value is -3.62. The van der Waals surface area contributed by atoms with Gasteiger partial charge in [0.05, 0.1) is 32.7 Å². The number of rotatable bonds is 9. The first-order chi connectivity index (χ1) is 20.7. The van der Waals surface area contributed by atoms with Crippen LogP contribution in [0.2, 0.25) is 5.02 Å². The van der Waals surface area contributed by atoms with Crippen molar-refractivity contribution in [2.75, 3.05) is 11.5 Å². The first kappa shape index (κ1) is 31.8. The number of aromatic nitrogens is 1. The largest absolute Gasteiger partial charge is 0.491 e. The zero-order valence-electron chi connectivity index (χ0n) is 26.0. The van der Waals surface area contributed by atoms with E-state index in [0.29, 0.717) is 35.2 Å². The summed E-state index contributed by atoms with van der Waals surface area (Å²) in [6.45, 7) is 11.5. The van der Waals surface area contributed by atoms with Crippen LogP contribution in [-0.2, 0) is 39.8 Å². The van der Waals surface area contributed by atoms with Gasteiger partial charge in [0.2, 0.25) is 5.91 Å². The van der Waals surface area contributed by atoms with Crippen LogP contribution in [0.15, 0.2) is 71.6 Å². The van der Waals surface area contributed by atoms with E-state index in [0.717, 1.165) is 33.4 Å². The number of carboxylic acid groups (broad SMARTS) is 1. The van der Waals surface area contributed by atoms with Crippen molar-refractivity contribution in [2.45, 2.75) is 76.6 Å². The maximum absolute atomic E-state index is 14.2. The molecule has 1 amide bonds. The van der Waals surface area contributed by atoms with E-state index in [9.17, 15) is 18.9 Å². The van der Waals surface area contributed by atoms with Gasteiger partial charge in [-0.2, -0.15) is 0 Å². The molecular formula is C35H39ClN2O5S. The minimum Gasteiger partial charge on any atom is -0.491 e. The van der Waals surface area contributed by atoms with E-state index in [1.165, 1.54) is 0 Å². The first-order valence-corrected chi connectivity index (χ1v) is 16.3. The van der Waals surface area contributed by atoms with Crippen molar-refractivity contribution in [3.8, 4) is 5.75 Å². The van der Waals surface area contributed by atoms with Gasteiger partial charge < -0.3 is 19.3 Å². The van der Waals surface area contributed by atoms with Crippen LogP contribution in [-0.4, -0.2) is 43.2 Å². The third-order valence-corrected chi connectivity index (χ3v) is 10.3. The second-order valence-electron chi connectivity index (χ2n) is 13.1. The fraction of sp³-hybridized carbons (Fsp3) is 0.371. The summed E-state index contributed by atoms with van der Waals surface area (Å²) in [6.07, 6.45) is 0.884. The molecule has 0 radical (unpaired) electrons. The standard InChI is InChI=1S/C35H39ClN2O5S/c1-22(39)38-26(17-24-9-7-8-10-29(24)38)21-43-27-15-16-30-28(18-27)32(44(42)34(2,3)4)31(19-35(5,6)33(40)41)37(30)20-23-11-13-25(36)14-12-23/h7-16,18,26H,17,19-21H2,1-6H3,(H,40,41)/t26-,44?/m0/s1. The van der Waals surface area contributed by atoms with Crippen LogP contribution in [0.25, 0.3) is 10.9 Å². The van der Waals surface area contributed by atoms with E-state index in [2.05, 4.69) is 4.57 Å². The minimum atomic E-state index is -1.47. The van der Waals surface area contributed by atoms with Crippen LogP contribution in [0.5, 0.6) is 5.75 Å². The van der Waals surface area contributed by atoms with E-state index < -0.39 is 26.9 Å². The lowest BCUT2D eigenvalue weighted by molar-refractivity contribution is -0.146. The Bertz CT molecular complexity index is 1750. The van der Waals surface area contributed by atoms with Crippen molar-refractivity contribution in [2.24, 2.45) is 5.41 Å². The second kappa shape index (κ2) is 12.1. The third kappa shape index (κ3) is 6.28. The molecule has 1 aromatic heterocycles. The van der Waals surface area contributed by atoms with Crippen LogP contribution in [0.4, 0.5) is 5.69 Å². The molecule has 1 N–H and O–H groups in total. The number of benzene rings is 3. The Kier molecular flexibility index (Phi) is 8.71. The fourth-order valence-electron chi connectivity index (χ4n) is 5.79. The van der Waals surface area contributed by atoms with Crippen molar-refractivity contribution in [1.29, 1.82) is 0 Å². The Morgan fingerprint density at radius 3 is 2.34 bits per heavy atom. The monoisotopic (exact) mass is 634 g/mol. The number of carbonyl (C=O) groups excluding carboxylic acids is 1. The maximum atomic E-state index is 14.2. The molecule has 0 fully saturated rings. The molecule has 44 heavy (non-hydrogen) atoms. The highest BCUT2D eigenvalue weighted by molar-refractivity contribution is 7.86. The number of ether oxygens (including phenoxy) is 1. The van der Waals surface area contributed by atoms with Crippen molar-refractivity contribution < 1.29 is 23.6 Å². The number of amides is 1. The average Bonchev–Trinajstić information content (AvgIpc) is 3.47. The summed E-state index contributed by atoms with van der Waals surface area (Å²) < 4.78 is 22.1. The van der Waals surface area contributed by atoms with Crippen molar-refractivity contribution in [3.05, 3.63) is 88.6 Å². The summed E-state index contributed by atoms with van der Waals surface area (Å²) in [6, 6.07) is 21.0. The van der Waals surface area contributed by atoms with Gasteiger partial charge in [-0.15, -0.1) is 0 Å². The number of nitrogens with zero attached hydrogens (tertiary/aromatic N) is 2. The summed E-state index contributed by atoms with van der Waals surface area (Å²) in [5.41, 5.74) is 3.47. The lowest BCUT2D eigenvalue weighted by atomic mass is 9.88. The lowest BCUT2D eigenvalue weighted by Crippen LogP contribution is -2.40. The number of hydrogen-bond donors (Lipinski definition) is 1. The van der Waals surface area contributed by atoms with E-state index in [4.69, 9.17) is 16.3 Å². The zero-order chi connectivity index (χ0) is 32.0. The molecular weight excluding hydrogens is 596 g/mol. The van der Waals surface area contributed by atoms with Gasteiger partial charge in [0, 0.05) is 46.4 Å². The summed E-state index contributed by atoms with van der Waals surface area (Å²) in [4.78, 5) is 27.3. The molecule has 0 saturated heterocycles. The molecule has 232 valence electrons. The van der Waals surface area contributed by atoms with Crippen LogP contribution < -0.4 is 9.64 Å². The molecule has 3 aromatic carbocycles. The van der Waals surface area contributed by atoms with E-state index >= 15 is 0 Å². The van der Waals surface area contributed by atoms with Gasteiger partial charge in [0.15, 0.2) is 0 Å². The Morgan fingerprint density at radius 2 is 1.70 bits per heavy atom. The predicted octanol–water partition coefficient (Wildman–Crippen LogP) is 7.26. The topological polar surface area (TPSA) is 88.8 Å². The normalized spacial score (nSPS) is 15.8. The second-order valence-corrected chi connectivity index (χ2v) is 15.7. The molecule has 7 nitrogen and oxygen atoms in total. The van der Waals surface area contributed by atoms with Crippen molar-refractivity contribution in [1.82, 2.24) is 4.57 Å². The molecule has 9 heteroatoms. The van der Waals surface area contributed by atoms with Crippen molar-refractivity contribution in [3.63, 3.8) is 0 Å². The number of carboxylic acids is 1. The summed E-state index contributed by atoms with van der Waals surface area (Å²) in [7, 11) is -1.47. The van der Waals surface area contributed by atoms with Gasteiger partial charge in [-0.05, 0) is 88.6 Å². The molecule has 2 heterocycles. The summed E-state index contributed by atoms with van der Waals surface area (Å²) in [5, 5.41) is 11.5. The number of hydrogen-bond acceptors (Lipinski definition) is 4. The number of aliphatic carboxylic acids is 1. The smallest absolute Gasteiger partial charge is 0.309 e. The van der Waals surface area contributed by atoms with Crippen LogP contribution in [0.1, 0.15) is 58.4 Å². The van der Waals surface area contributed by atoms with Gasteiger partial charge in [-0.3, -0.25) is 13.8 Å². The molecule has 1 aliphatic heterocycles. The molecule has 1 aliphatic rings. The van der Waals surface area contributed by atoms with Crippen molar-refractivity contribution >= 4 is 50.9 Å². The molecule has 0 bridgehead atoms. The number of para-hydroxylation sites is 1. The molecule has 0 spiro atoms. The SMILES string of the molecule is CC(=O)N1c2ccccc2C[C@H]1COc1ccc2c(c1)c(S(=O)C(C)(C)C)c(CC(C)(C)C(=O)O)n2Cc1ccc(Cl)cc1. The van der Waals surface area contributed by atoms with E-state index in [1.54, 1.807) is 25.7 Å². The number of anilines is 1. The lowest BCUT2D eigenvalue weighted by Gasteiger charge is -2.24. The van der Waals surface area contributed by atoms with Crippen LogP contribution in [0, 0.1) is 5.41 Å². The highest BCUT2D eigenvalue weighted by Crippen LogP contribution is 2.39. The predicted molar refractivity (Wildman–Crippen MR) is 176 cm³/mol. The first-order valence-electron chi connectivity index (χ1n) is 14.7. The summed E-state index contributed by atoms with van der Waals surface area (Å²) >= 11 is 6.16. The maximum Gasteiger partial charge on any atom is 0.309 e. The zero-order valence-corrected chi connectivity index (χ0v) is 27.6. The highest BCUT2D eigenvalue weighted by atomic mass is 35.5. The van der Waals surface area contributed by atoms with Gasteiger partial charge in [-0.25, -0.2) is 0 Å². The minimum absolute atomic E-state index is 0.0353. The molecule has 0 saturated carbocycles. The number of fused-ring (bicyclic) bond motifs is 2. The fourth-order valence-corrected chi connectivity index (χ4v) is 7.29. The number of halogens is 1. The molecule has 5 rings (SSSR count). The van der Waals surface area contributed by atoms with Gasteiger partial charge in [-0.1, -0.05) is 41.9 Å². The molecule has 0 aliphatic carbocycles. The van der Waals surface area contributed by atoms with E-state index in [-0.39, 0.29) is 18.4 Å². The average molecular weight is 635 g/mol. The molecule has 4 aromatic rings. The van der Waals surface area contributed by atoms with Gasteiger partial charge in [0.1, 0.15) is 12.4 Å². The van der Waals surface area contributed by atoms with Crippen LogP contribution >= 0.6 is 11.6 Å². The molecule has 2 atom stereocenters. The molecule has 1 unspecified atom stereocenters. The van der Waals surface area contributed by atoms with Gasteiger partial charge >= 0.3 is 5.97 Å². The number of carbonyl (C=O) groups is 2. The Balaban J connectivity index is 1.60. The Labute approximate surface area is 266 Å². The highest BCUT2D eigenvalue weighted by Gasteiger charge is 2.36. The van der Waals surface area contributed by atoms with Crippen LogP contribution in [0.3, 0.4) is 0 Å². The Morgan fingerprint density at radius 1 is 1.02 bits per heavy atom.